The lowest BCUT2D eigenvalue weighted by Gasteiger charge is -2.09. The molecule has 0 aliphatic heterocycles. The molecule has 4 heteroatoms. The molecule has 2 rings (SSSR count). The van der Waals surface area contributed by atoms with Crippen LogP contribution in [0.2, 0.25) is 0 Å². The molecule has 1 unspecified atom stereocenters. The van der Waals surface area contributed by atoms with Crippen LogP contribution in [0, 0.1) is 6.57 Å². The maximum atomic E-state index is 12.6. The molecular formula is C28H41N3O. The summed E-state index contributed by atoms with van der Waals surface area (Å²) >= 11 is 0. The average molecular weight is 436 g/mol. The van der Waals surface area contributed by atoms with E-state index in [0.29, 0.717) is 12.1 Å². The van der Waals surface area contributed by atoms with Crippen LogP contribution in [0.3, 0.4) is 0 Å². The van der Waals surface area contributed by atoms with Crippen LogP contribution in [-0.2, 0) is 4.79 Å². The van der Waals surface area contributed by atoms with Crippen molar-refractivity contribution >= 4 is 16.8 Å². The fourth-order valence-corrected chi connectivity index (χ4v) is 4.25. The molecule has 1 N–H and O–H groups in total. The first-order valence-corrected chi connectivity index (χ1v) is 12.8. The molecule has 0 saturated heterocycles. The van der Waals surface area contributed by atoms with Crippen LogP contribution in [0.1, 0.15) is 108 Å². The zero-order chi connectivity index (χ0) is 22.9. The smallest absolute Gasteiger partial charge is 0.327 e. The lowest BCUT2D eigenvalue weighted by Crippen LogP contribution is -2.29. The third-order valence-corrected chi connectivity index (χ3v) is 6.17. The summed E-state index contributed by atoms with van der Waals surface area (Å²) in [5.41, 5.74) is 1.43. The molecule has 1 aromatic carbocycles. The van der Waals surface area contributed by atoms with Crippen LogP contribution in [0.25, 0.3) is 15.7 Å². The molecule has 0 bridgehead atoms. The zero-order valence-electron chi connectivity index (χ0n) is 20.0. The number of pyridine rings is 1. The van der Waals surface area contributed by atoms with Gasteiger partial charge in [0.1, 0.15) is 0 Å². The number of carbonyl (C=O) groups is 1. The maximum absolute atomic E-state index is 12.6. The number of unbranched alkanes of at least 4 members (excludes halogenated alkanes) is 13. The van der Waals surface area contributed by atoms with Gasteiger partial charge in [0.25, 0.3) is 0 Å². The van der Waals surface area contributed by atoms with Crippen molar-refractivity contribution in [2.45, 2.75) is 103 Å². The maximum Gasteiger partial charge on any atom is 0.327 e. The highest BCUT2D eigenvalue weighted by Gasteiger charge is 2.27. The first kappa shape index (κ1) is 25.8. The summed E-state index contributed by atoms with van der Waals surface area (Å²) in [5, 5.41) is 3.92. The first-order valence-electron chi connectivity index (χ1n) is 12.8. The van der Waals surface area contributed by atoms with Crippen LogP contribution < -0.4 is 5.32 Å². The predicted octanol–water partition coefficient (Wildman–Crippen LogP) is 7.79. The summed E-state index contributed by atoms with van der Waals surface area (Å²) in [6.07, 6.45) is 20.2. The molecule has 0 saturated carbocycles. The van der Waals surface area contributed by atoms with Crippen LogP contribution in [0.15, 0.2) is 36.5 Å². The van der Waals surface area contributed by atoms with Gasteiger partial charge in [-0.25, -0.2) is 6.57 Å². The number of carbonyl (C=O) groups excluding carboxylic acids is 1. The van der Waals surface area contributed by atoms with Gasteiger partial charge >= 0.3 is 11.9 Å². The minimum absolute atomic E-state index is 0.215. The molecule has 32 heavy (non-hydrogen) atoms. The van der Waals surface area contributed by atoms with E-state index >= 15 is 0 Å². The molecule has 0 spiro atoms. The van der Waals surface area contributed by atoms with E-state index in [0.717, 1.165) is 23.7 Å². The van der Waals surface area contributed by atoms with Gasteiger partial charge in [0.2, 0.25) is 0 Å². The van der Waals surface area contributed by atoms with E-state index in [9.17, 15) is 4.79 Å². The first-order chi connectivity index (χ1) is 15.8. The number of benzene rings is 1. The molecule has 0 aliphatic rings. The van der Waals surface area contributed by atoms with Crippen molar-refractivity contribution in [1.82, 2.24) is 10.3 Å². The molecule has 1 atom stereocenters. The molecule has 2 aromatic rings. The number of nitrogens with one attached hydrogen (secondary N) is 1. The Hall–Kier alpha value is -2.41. The molecule has 174 valence electrons. The van der Waals surface area contributed by atoms with Crippen LogP contribution in [0.4, 0.5) is 0 Å². The van der Waals surface area contributed by atoms with Crippen LogP contribution >= 0.6 is 0 Å². The van der Waals surface area contributed by atoms with Gasteiger partial charge in [-0.05, 0) is 18.6 Å². The topological polar surface area (TPSA) is 46.4 Å². The number of rotatable bonds is 17. The number of para-hydroxylation sites is 1. The van der Waals surface area contributed by atoms with Crippen molar-refractivity contribution in [2.24, 2.45) is 0 Å². The predicted molar refractivity (Wildman–Crippen MR) is 134 cm³/mol. The molecular weight excluding hydrogens is 394 g/mol. The van der Waals surface area contributed by atoms with Crippen LogP contribution in [-0.4, -0.2) is 17.4 Å². The SMILES string of the molecule is [C-]#[N+]C(C(=O)NCCCCCCCCCCCCCCCC)c1cccc2cccnc12. The van der Waals surface area contributed by atoms with Crippen molar-refractivity contribution in [1.29, 1.82) is 0 Å². The van der Waals surface area contributed by atoms with Gasteiger partial charge in [0.05, 0.1) is 11.1 Å². The Labute approximate surface area is 195 Å². The van der Waals surface area contributed by atoms with E-state index in [1.54, 1.807) is 6.20 Å². The highest BCUT2D eigenvalue weighted by atomic mass is 16.2. The van der Waals surface area contributed by atoms with E-state index in [2.05, 4.69) is 22.1 Å². The summed E-state index contributed by atoms with van der Waals surface area (Å²) in [7, 11) is 0. The number of hydrogen-bond acceptors (Lipinski definition) is 2. The second kappa shape index (κ2) is 16.3. The summed E-state index contributed by atoms with van der Waals surface area (Å²) in [6, 6.07) is 8.68. The Morgan fingerprint density at radius 1 is 0.875 bits per heavy atom. The molecule has 0 radical (unpaired) electrons. The number of amides is 1. The van der Waals surface area contributed by atoms with E-state index in [1.807, 2.05) is 30.3 Å². The standard InChI is InChI=1S/C28H41N3O/c1-3-4-5-6-7-8-9-10-11-12-13-14-15-16-22-31-28(32)27(29-2)25-21-17-19-24-20-18-23-30-26(24)25/h17-21,23,27H,3-16,22H2,1H3,(H,31,32). The van der Waals surface area contributed by atoms with Crippen molar-refractivity contribution in [3.63, 3.8) is 0 Å². The highest BCUT2D eigenvalue weighted by molar-refractivity contribution is 5.91. The van der Waals surface area contributed by atoms with Crippen molar-refractivity contribution in [3.8, 4) is 0 Å². The quantitative estimate of drug-likeness (QED) is 0.203. The number of nitrogens with zero attached hydrogens (tertiary/aromatic N) is 2. The lowest BCUT2D eigenvalue weighted by molar-refractivity contribution is -0.121. The summed E-state index contributed by atoms with van der Waals surface area (Å²) in [4.78, 5) is 20.6. The van der Waals surface area contributed by atoms with E-state index < -0.39 is 6.04 Å². The Morgan fingerprint density at radius 2 is 1.44 bits per heavy atom. The molecule has 0 fully saturated rings. The van der Waals surface area contributed by atoms with Crippen molar-refractivity contribution < 1.29 is 4.79 Å². The molecule has 0 aliphatic carbocycles. The Morgan fingerprint density at radius 3 is 2.03 bits per heavy atom. The normalized spacial score (nSPS) is 11.9. The number of fused-ring (bicyclic) bond motifs is 1. The Kier molecular flexibility index (Phi) is 13.1. The summed E-state index contributed by atoms with van der Waals surface area (Å²) < 4.78 is 0. The van der Waals surface area contributed by atoms with Gasteiger partial charge in [0.15, 0.2) is 0 Å². The number of hydrogen-bond donors (Lipinski definition) is 1. The lowest BCUT2D eigenvalue weighted by atomic mass is 10.0. The van der Waals surface area contributed by atoms with E-state index in [-0.39, 0.29) is 5.91 Å². The molecule has 1 aromatic heterocycles. The third-order valence-electron chi connectivity index (χ3n) is 6.17. The van der Waals surface area contributed by atoms with Gasteiger partial charge in [-0.15, -0.1) is 0 Å². The van der Waals surface area contributed by atoms with Gasteiger partial charge in [-0.3, -0.25) is 14.6 Å². The van der Waals surface area contributed by atoms with Crippen molar-refractivity contribution in [3.05, 3.63) is 53.5 Å². The van der Waals surface area contributed by atoms with Gasteiger partial charge in [-0.1, -0.05) is 109 Å². The molecule has 1 amide bonds. The van der Waals surface area contributed by atoms with Gasteiger partial charge < -0.3 is 5.32 Å². The van der Waals surface area contributed by atoms with Gasteiger partial charge in [0, 0.05) is 18.1 Å². The average Bonchev–Trinajstić information content (AvgIpc) is 2.82. The molecule has 1 heterocycles. The zero-order valence-corrected chi connectivity index (χ0v) is 20.0. The highest BCUT2D eigenvalue weighted by Crippen LogP contribution is 2.25. The van der Waals surface area contributed by atoms with E-state index in [4.69, 9.17) is 6.57 Å². The third kappa shape index (κ3) is 9.39. The summed E-state index contributed by atoms with van der Waals surface area (Å²) in [5.74, 6) is -0.215. The Bertz CT molecular complexity index is 822. The minimum atomic E-state index is -0.833. The van der Waals surface area contributed by atoms with E-state index in [1.165, 1.54) is 77.0 Å². The largest absolute Gasteiger partial charge is 0.349 e. The van der Waals surface area contributed by atoms with Gasteiger partial charge in [-0.2, -0.15) is 0 Å². The minimum Gasteiger partial charge on any atom is -0.349 e. The second-order valence-corrected chi connectivity index (χ2v) is 8.84. The van der Waals surface area contributed by atoms with Crippen molar-refractivity contribution in [2.75, 3.05) is 6.54 Å². The number of aromatic nitrogens is 1. The fraction of sp³-hybridized carbons (Fsp3) is 0.607. The fourth-order valence-electron chi connectivity index (χ4n) is 4.25. The summed E-state index contributed by atoms with van der Waals surface area (Å²) in [6.45, 7) is 10.4. The second-order valence-electron chi connectivity index (χ2n) is 8.84. The monoisotopic (exact) mass is 435 g/mol. The van der Waals surface area contributed by atoms with Crippen LogP contribution in [0.5, 0.6) is 0 Å². The Balaban J connectivity index is 1.53. The molecule has 4 nitrogen and oxygen atoms in total.